The van der Waals surface area contributed by atoms with E-state index in [4.69, 9.17) is 9.47 Å². The number of nitrogens with one attached hydrogen (secondary N) is 1. The second-order valence-corrected chi connectivity index (χ2v) is 7.49. The molecule has 2 heterocycles. The lowest BCUT2D eigenvalue weighted by atomic mass is 9.80. The summed E-state index contributed by atoms with van der Waals surface area (Å²) in [6.45, 7) is 2.80. The molecule has 1 aliphatic carbocycles. The molecule has 10 heteroatoms. The quantitative estimate of drug-likeness (QED) is 0.742. The monoisotopic (exact) mass is 417 g/mol. The first kappa shape index (κ1) is 21.6. The molecule has 1 amide bonds. The van der Waals surface area contributed by atoms with Crippen LogP contribution in [0.3, 0.4) is 0 Å². The van der Waals surface area contributed by atoms with E-state index in [0.29, 0.717) is 26.1 Å². The Labute approximate surface area is 166 Å². The Kier molecular flexibility index (Phi) is 6.81. The topological polar surface area (TPSA) is 84.5 Å². The number of anilines is 1. The second kappa shape index (κ2) is 9.15. The maximum absolute atomic E-state index is 13.4. The molecule has 0 spiro atoms. The summed E-state index contributed by atoms with van der Waals surface area (Å²) in [6, 6.07) is -0.217. The van der Waals surface area contributed by atoms with Crippen LogP contribution in [0.25, 0.3) is 0 Å². The van der Waals surface area contributed by atoms with Crippen molar-refractivity contribution < 1.29 is 32.2 Å². The van der Waals surface area contributed by atoms with Gasteiger partial charge in [-0.05, 0) is 45.4 Å². The molecular weight excluding hydrogens is 391 g/mol. The second-order valence-electron chi connectivity index (χ2n) is 7.49. The van der Waals surface area contributed by atoms with Crippen molar-refractivity contribution in [2.45, 2.75) is 57.7 Å². The van der Waals surface area contributed by atoms with Crippen molar-refractivity contribution in [3.63, 3.8) is 0 Å². The maximum atomic E-state index is 13.4. The summed E-state index contributed by atoms with van der Waals surface area (Å²) in [5.41, 5.74) is 0.149. The van der Waals surface area contributed by atoms with Crippen LogP contribution in [0.1, 0.15) is 55.8 Å². The third kappa shape index (κ3) is 4.91. The highest BCUT2D eigenvalue weighted by Crippen LogP contribution is 2.41. The van der Waals surface area contributed by atoms with Crippen molar-refractivity contribution in [3.05, 3.63) is 11.8 Å². The lowest BCUT2D eigenvalue weighted by Gasteiger charge is -2.37. The van der Waals surface area contributed by atoms with Gasteiger partial charge in [0.15, 0.2) is 0 Å². The number of aromatic amines is 1. The number of hydrogen-bond donors (Lipinski definition) is 1. The molecule has 0 aromatic carbocycles. The standard InChI is InChI=1S/C19H26F3N3O4/c1-2-29-18(27)15-11-23-24-16(15)25(14-7-9-28-10-8-14)17(26)12-3-5-13(6-4-12)19(20,21)22/h11-14H,2-10H2,1H3,(H,23,24). The van der Waals surface area contributed by atoms with E-state index in [1.165, 1.54) is 11.1 Å². The Morgan fingerprint density at radius 3 is 2.45 bits per heavy atom. The highest BCUT2D eigenvalue weighted by Gasteiger charge is 2.44. The van der Waals surface area contributed by atoms with Gasteiger partial charge >= 0.3 is 12.1 Å². The van der Waals surface area contributed by atoms with Crippen LogP contribution in [-0.4, -0.2) is 54.1 Å². The van der Waals surface area contributed by atoms with E-state index >= 15 is 0 Å². The number of halogens is 3. The minimum atomic E-state index is -4.23. The third-order valence-corrected chi connectivity index (χ3v) is 5.69. The van der Waals surface area contributed by atoms with Crippen molar-refractivity contribution in [1.29, 1.82) is 0 Å². The van der Waals surface area contributed by atoms with Crippen molar-refractivity contribution in [3.8, 4) is 0 Å². The number of esters is 1. The molecule has 0 radical (unpaired) electrons. The number of carbonyl (C=O) groups excluding carboxylic acids is 2. The van der Waals surface area contributed by atoms with E-state index in [-0.39, 0.29) is 55.6 Å². The Morgan fingerprint density at radius 1 is 1.21 bits per heavy atom. The third-order valence-electron chi connectivity index (χ3n) is 5.69. The summed E-state index contributed by atoms with van der Waals surface area (Å²) in [6.07, 6.45) is -1.54. The van der Waals surface area contributed by atoms with Gasteiger partial charge in [-0.1, -0.05) is 0 Å². The first-order chi connectivity index (χ1) is 13.8. The highest BCUT2D eigenvalue weighted by atomic mass is 19.4. The van der Waals surface area contributed by atoms with Crippen LogP contribution in [0.2, 0.25) is 0 Å². The van der Waals surface area contributed by atoms with Crippen LogP contribution in [0.5, 0.6) is 0 Å². The average Bonchev–Trinajstić information content (AvgIpc) is 3.18. The normalized spacial score (nSPS) is 23.6. The fourth-order valence-corrected chi connectivity index (χ4v) is 4.10. The smallest absolute Gasteiger partial charge is 0.391 e. The number of carbonyl (C=O) groups is 2. The molecule has 1 aliphatic heterocycles. The van der Waals surface area contributed by atoms with Crippen LogP contribution in [0.15, 0.2) is 6.20 Å². The fourth-order valence-electron chi connectivity index (χ4n) is 4.10. The molecule has 2 fully saturated rings. The van der Waals surface area contributed by atoms with Crippen LogP contribution in [0, 0.1) is 11.8 Å². The summed E-state index contributed by atoms with van der Waals surface area (Å²) in [5.74, 6) is -2.49. The number of aromatic nitrogens is 2. The van der Waals surface area contributed by atoms with Gasteiger partial charge in [0.05, 0.1) is 18.7 Å². The number of nitrogens with zero attached hydrogens (tertiary/aromatic N) is 2. The molecule has 0 bridgehead atoms. The van der Waals surface area contributed by atoms with Gasteiger partial charge in [-0.25, -0.2) is 4.79 Å². The molecule has 1 aromatic heterocycles. The summed E-state index contributed by atoms with van der Waals surface area (Å²) < 4.78 is 49.4. The summed E-state index contributed by atoms with van der Waals surface area (Å²) in [5, 5.41) is 6.64. The number of hydrogen-bond acceptors (Lipinski definition) is 5. The first-order valence-corrected chi connectivity index (χ1v) is 10.0. The van der Waals surface area contributed by atoms with Gasteiger partial charge in [0, 0.05) is 25.2 Å². The van der Waals surface area contributed by atoms with E-state index in [9.17, 15) is 22.8 Å². The molecule has 1 saturated heterocycles. The predicted octanol–water partition coefficient (Wildman–Crippen LogP) is 3.47. The van der Waals surface area contributed by atoms with Crippen molar-refractivity contribution in [1.82, 2.24) is 10.2 Å². The van der Waals surface area contributed by atoms with Crippen molar-refractivity contribution >= 4 is 17.7 Å². The van der Waals surface area contributed by atoms with E-state index in [0.717, 1.165) is 0 Å². The van der Waals surface area contributed by atoms with Gasteiger partial charge in [0.25, 0.3) is 0 Å². The average molecular weight is 417 g/mol. The molecule has 2 aliphatic rings. The number of amides is 1. The molecule has 1 N–H and O–H groups in total. The van der Waals surface area contributed by atoms with Gasteiger partial charge in [-0.15, -0.1) is 0 Å². The van der Waals surface area contributed by atoms with Crippen molar-refractivity contribution in [2.24, 2.45) is 11.8 Å². The van der Waals surface area contributed by atoms with Crippen LogP contribution < -0.4 is 4.90 Å². The predicted molar refractivity (Wildman–Crippen MR) is 97.4 cm³/mol. The molecule has 3 rings (SSSR count). The van der Waals surface area contributed by atoms with E-state index in [1.807, 2.05) is 0 Å². The van der Waals surface area contributed by atoms with E-state index in [2.05, 4.69) is 10.2 Å². The Morgan fingerprint density at radius 2 is 1.86 bits per heavy atom. The lowest BCUT2D eigenvalue weighted by molar-refractivity contribution is -0.184. The number of H-pyrrole nitrogens is 1. The summed E-state index contributed by atoms with van der Waals surface area (Å²) >= 11 is 0. The number of rotatable bonds is 5. The molecule has 1 saturated carbocycles. The van der Waals surface area contributed by atoms with Gasteiger partial charge in [0.1, 0.15) is 11.4 Å². The summed E-state index contributed by atoms with van der Waals surface area (Å²) in [4.78, 5) is 27.2. The maximum Gasteiger partial charge on any atom is 0.391 e. The highest BCUT2D eigenvalue weighted by molar-refractivity contribution is 6.02. The molecule has 0 atom stereocenters. The van der Waals surface area contributed by atoms with E-state index < -0.39 is 24.0 Å². The zero-order valence-electron chi connectivity index (χ0n) is 16.3. The van der Waals surface area contributed by atoms with Gasteiger partial charge in [0.2, 0.25) is 5.91 Å². The van der Waals surface area contributed by atoms with Gasteiger partial charge in [-0.3, -0.25) is 14.8 Å². The Bertz CT molecular complexity index is 708. The molecular formula is C19H26F3N3O4. The largest absolute Gasteiger partial charge is 0.462 e. The van der Waals surface area contributed by atoms with Crippen molar-refractivity contribution in [2.75, 3.05) is 24.7 Å². The molecule has 7 nitrogen and oxygen atoms in total. The molecule has 29 heavy (non-hydrogen) atoms. The molecule has 162 valence electrons. The van der Waals surface area contributed by atoms with E-state index in [1.54, 1.807) is 6.92 Å². The van der Waals surface area contributed by atoms with Crippen LogP contribution >= 0.6 is 0 Å². The van der Waals surface area contributed by atoms with Gasteiger partial charge < -0.3 is 9.47 Å². The Balaban J connectivity index is 1.83. The van der Waals surface area contributed by atoms with Crippen LogP contribution in [0.4, 0.5) is 19.0 Å². The van der Waals surface area contributed by atoms with Crippen LogP contribution in [-0.2, 0) is 14.3 Å². The summed E-state index contributed by atoms with van der Waals surface area (Å²) in [7, 11) is 0. The zero-order valence-corrected chi connectivity index (χ0v) is 16.3. The SMILES string of the molecule is CCOC(=O)c1cn[nH]c1N(C(=O)C1CCC(C(F)(F)F)CC1)C1CCOCC1. The number of ether oxygens (including phenoxy) is 2. The molecule has 0 unspecified atom stereocenters. The first-order valence-electron chi connectivity index (χ1n) is 10.0. The fraction of sp³-hybridized carbons (Fsp3) is 0.737. The Hall–Kier alpha value is -2.10. The number of alkyl halides is 3. The molecule has 1 aromatic rings. The lowest BCUT2D eigenvalue weighted by Crippen LogP contribution is -2.48. The minimum Gasteiger partial charge on any atom is -0.462 e. The zero-order chi connectivity index (χ0) is 21.0. The van der Waals surface area contributed by atoms with Gasteiger partial charge in [-0.2, -0.15) is 18.3 Å². The minimum absolute atomic E-state index is 0.0603.